The molecule has 3 amide bonds. The lowest BCUT2D eigenvalue weighted by Crippen LogP contribution is -2.47. The SMILES string of the molecule is COC(=O)c1ccc(CCc2ccc(NC(=O)c3c(NC(=O)c4cccc(C(=O)N(C)CCN5CCN(C)CC5)c4)sc4c3CCCC4)cc2)cc1. The number of aryl methyl sites for hydroxylation is 3. The highest BCUT2D eigenvalue weighted by Crippen LogP contribution is 2.39. The lowest BCUT2D eigenvalue weighted by molar-refractivity contribution is 0.0600. The number of amides is 3. The van der Waals surface area contributed by atoms with Crippen molar-refractivity contribution in [1.82, 2.24) is 14.7 Å². The number of fused-ring (bicyclic) bond motifs is 1. The van der Waals surface area contributed by atoms with Crippen LogP contribution in [0.5, 0.6) is 0 Å². The second-order valence-corrected chi connectivity index (χ2v) is 14.8. The highest BCUT2D eigenvalue weighted by molar-refractivity contribution is 7.17. The highest BCUT2D eigenvalue weighted by atomic mass is 32.1. The number of anilines is 2. The van der Waals surface area contributed by atoms with E-state index < -0.39 is 0 Å². The Morgan fingerprint density at radius 3 is 2.13 bits per heavy atom. The molecule has 4 aromatic rings. The zero-order valence-electron chi connectivity index (χ0n) is 30.2. The molecule has 2 N–H and O–H groups in total. The Labute approximate surface area is 309 Å². The molecule has 0 atom stereocenters. The van der Waals surface area contributed by atoms with Gasteiger partial charge in [0, 0.05) is 68.0 Å². The lowest BCUT2D eigenvalue weighted by Gasteiger charge is -2.33. The molecule has 0 unspecified atom stereocenters. The number of ether oxygens (including phenoxy) is 1. The van der Waals surface area contributed by atoms with Crippen molar-refractivity contribution in [2.45, 2.75) is 38.5 Å². The van der Waals surface area contributed by atoms with E-state index in [-0.39, 0.29) is 23.7 Å². The number of hydrogen-bond acceptors (Lipinski definition) is 8. The summed E-state index contributed by atoms with van der Waals surface area (Å²) in [6, 6.07) is 22.0. The monoisotopic (exact) mass is 721 g/mol. The maximum absolute atomic E-state index is 13.8. The number of carbonyl (C=O) groups is 4. The van der Waals surface area contributed by atoms with Crippen molar-refractivity contribution < 1.29 is 23.9 Å². The van der Waals surface area contributed by atoms with Crippen LogP contribution in [0, 0.1) is 0 Å². The van der Waals surface area contributed by atoms with Gasteiger partial charge in [-0.2, -0.15) is 0 Å². The minimum atomic E-state index is -0.355. The van der Waals surface area contributed by atoms with E-state index in [0.717, 1.165) is 92.8 Å². The molecule has 1 fully saturated rings. The number of piperazine rings is 1. The number of rotatable bonds is 12. The van der Waals surface area contributed by atoms with Crippen molar-refractivity contribution in [1.29, 1.82) is 0 Å². The molecule has 11 heteroatoms. The van der Waals surface area contributed by atoms with Gasteiger partial charge in [-0.15, -0.1) is 11.3 Å². The van der Waals surface area contributed by atoms with Gasteiger partial charge >= 0.3 is 5.97 Å². The third kappa shape index (κ3) is 9.14. The van der Waals surface area contributed by atoms with E-state index in [4.69, 9.17) is 4.74 Å². The largest absolute Gasteiger partial charge is 0.465 e. The average molecular weight is 722 g/mol. The van der Waals surface area contributed by atoms with Crippen LogP contribution in [0.25, 0.3) is 0 Å². The normalized spacial score (nSPS) is 14.7. The Balaban J connectivity index is 1.09. The van der Waals surface area contributed by atoms with Crippen molar-refractivity contribution in [3.8, 4) is 0 Å². The highest BCUT2D eigenvalue weighted by Gasteiger charge is 2.27. The number of nitrogens with zero attached hydrogens (tertiary/aromatic N) is 3. The van der Waals surface area contributed by atoms with Gasteiger partial charge in [-0.25, -0.2) is 4.79 Å². The first-order chi connectivity index (χ1) is 25.2. The summed E-state index contributed by atoms with van der Waals surface area (Å²) >= 11 is 1.47. The van der Waals surface area contributed by atoms with Crippen LogP contribution in [0.4, 0.5) is 10.7 Å². The number of esters is 1. The van der Waals surface area contributed by atoms with Gasteiger partial charge in [0.05, 0.1) is 18.2 Å². The van der Waals surface area contributed by atoms with Crippen LogP contribution in [0.15, 0.2) is 72.8 Å². The van der Waals surface area contributed by atoms with Crippen LogP contribution in [0.3, 0.4) is 0 Å². The van der Waals surface area contributed by atoms with Crippen LogP contribution < -0.4 is 10.6 Å². The molecule has 2 aliphatic rings. The van der Waals surface area contributed by atoms with Crippen LogP contribution in [-0.2, 0) is 30.4 Å². The Morgan fingerprint density at radius 1 is 0.788 bits per heavy atom. The Kier molecular flexibility index (Phi) is 12.2. The molecule has 1 aliphatic heterocycles. The summed E-state index contributed by atoms with van der Waals surface area (Å²) in [6.45, 7) is 5.45. The van der Waals surface area contributed by atoms with Crippen LogP contribution in [0.1, 0.15) is 75.8 Å². The molecule has 2 heterocycles. The third-order valence-corrected chi connectivity index (χ3v) is 11.2. The minimum Gasteiger partial charge on any atom is -0.465 e. The molecule has 0 bridgehead atoms. The molecule has 1 saturated heterocycles. The fraction of sp³-hybridized carbons (Fsp3) is 0.366. The second kappa shape index (κ2) is 17.1. The summed E-state index contributed by atoms with van der Waals surface area (Å²) < 4.78 is 4.78. The molecule has 52 heavy (non-hydrogen) atoms. The number of nitrogens with one attached hydrogen (secondary N) is 2. The summed E-state index contributed by atoms with van der Waals surface area (Å²) in [5.74, 6) is -1.09. The Bertz CT molecular complexity index is 1900. The van der Waals surface area contributed by atoms with Crippen LogP contribution >= 0.6 is 11.3 Å². The second-order valence-electron chi connectivity index (χ2n) is 13.7. The molecule has 1 aliphatic carbocycles. The zero-order chi connectivity index (χ0) is 36.6. The Hall–Kier alpha value is -4.84. The Morgan fingerprint density at radius 2 is 1.44 bits per heavy atom. The lowest BCUT2D eigenvalue weighted by atomic mass is 9.95. The molecule has 0 saturated carbocycles. The van der Waals surface area contributed by atoms with E-state index in [1.165, 1.54) is 18.4 Å². The first-order valence-electron chi connectivity index (χ1n) is 18.0. The average Bonchev–Trinajstić information content (AvgIpc) is 3.54. The molecule has 272 valence electrons. The molecule has 0 spiro atoms. The van der Waals surface area contributed by atoms with Crippen molar-refractivity contribution in [3.63, 3.8) is 0 Å². The fourth-order valence-corrected chi connectivity index (χ4v) is 7.99. The van der Waals surface area contributed by atoms with Gasteiger partial charge in [0.15, 0.2) is 0 Å². The van der Waals surface area contributed by atoms with Gasteiger partial charge in [0.1, 0.15) is 5.00 Å². The molecular weight excluding hydrogens is 675 g/mol. The van der Waals surface area contributed by atoms with Gasteiger partial charge in [-0.3, -0.25) is 19.3 Å². The van der Waals surface area contributed by atoms with E-state index in [0.29, 0.717) is 39.5 Å². The van der Waals surface area contributed by atoms with E-state index in [2.05, 4.69) is 27.5 Å². The van der Waals surface area contributed by atoms with Crippen LogP contribution in [-0.4, -0.2) is 98.9 Å². The van der Waals surface area contributed by atoms with Gasteiger partial charge in [-0.1, -0.05) is 30.3 Å². The molecule has 3 aromatic carbocycles. The van der Waals surface area contributed by atoms with E-state index in [9.17, 15) is 19.2 Å². The predicted molar refractivity (Wildman–Crippen MR) is 206 cm³/mol. The number of likely N-dealkylation sites (N-methyl/N-ethyl adjacent to an activating group) is 2. The molecule has 6 rings (SSSR count). The summed E-state index contributed by atoms with van der Waals surface area (Å²) in [4.78, 5) is 60.0. The summed E-state index contributed by atoms with van der Waals surface area (Å²) in [5.41, 5.74) is 5.78. The van der Waals surface area contributed by atoms with Crippen molar-refractivity contribution >= 4 is 45.7 Å². The van der Waals surface area contributed by atoms with E-state index in [1.54, 1.807) is 48.3 Å². The summed E-state index contributed by atoms with van der Waals surface area (Å²) in [6.07, 6.45) is 5.31. The van der Waals surface area contributed by atoms with Crippen molar-refractivity contribution in [2.24, 2.45) is 0 Å². The maximum Gasteiger partial charge on any atom is 0.337 e. The van der Waals surface area contributed by atoms with Crippen molar-refractivity contribution in [3.05, 3.63) is 117 Å². The van der Waals surface area contributed by atoms with Gasteiger partial charge in [0.2, 0.25) is 0 Å². The van der Waals surface area contributed by atoms with Gasteiger partial charge in [-0.05, 0) is 105 Å². The predicted octanol–water partition coefficient (Wildman–Crippen LogP) is 6.02. The smallest absolute Gasteiger partial charge is 0.337 e. The summed E-state index contributed by atoms with van der Waals surface area (Å²) in [7, 11) is 5.30. The van der Waals surface area contributed by atoms with Gasteiger partial charge in [0.25, 0.3) is 17.7 Å². The number of thiophene rings is 1. The minimum absolute atomic E-state index is 0.129. The number of carbonyl (C=O) groups excluding carboxylic acids is 4. The summed E-state index contributed by atoms with van der Waals surface area (Å²) in [5, 5.41) is 6.62. The maximum atomic E-state index is 13.8. The molecule has 1 aromatic heterocycles. The van der Waals surface area contributed by atoms with Crippen molar-refractivity contribution in [2.75, 3.05) is 71.1 Å². The molecular formula is C41H47N5O5S. The molecule has 10 nitrogen and oxygen atoms in total. The topological polar surface area (TPSA) is 111 Å². The molecule has 0 radical (unpaired) electrons. The van der Waals surface area contributed by atoms with Crippen LogP contribution in [0.2, 0.25) is 0 Å². The zero-order valence-corrected chi connectivity index (χ0v) is 31.0. The first-order valence-corrected chi connectivity index (χ1v) is 18.8. The van der Waals surface area contributed by atoms with E-state index in [1.807, 2.05) is 36.4 Å². The van der Waals surface area contributed by atoms with E-state index >= 15 is 0 Å². The number of methoxy groups -OCH3 is 1. The van der Waals surface area contributed by atoms with Gasteiger partial charge < -0.3 is 25.2 Å². The fourth-order valence-electron chi connectivity index (χ4n) is 6.71. The number of benzene rings is 3. The standard InChI is InChI=1S/C41H47N5O5S/c1-44-21-24-46(25-22-44)26-23-45(2)40(49)32-8-6-7-31(27-32)37(47)43-39-36(34-9-4-5-10-35(34)52-39)38(48)42-33-19-15-29(16-20-33)12-11-28-13-17-30(18-14-28)41(50)51-3/h6-8,13-20,27H,4-5,9-12,21-26H2,1-3H3,(H,42,48)(H,43,47). The third-order valence-electron chi connectivity index (χ3n) is 9.98. The quantitative estimate of drug-likeness (QED) is 0.172. The first kappa shape index (κ1) is 36.9. The number of hydrogen-bond donors (Lipinski definition) is 2.